The van der Waals surface area contributed by atoms with E-state index in [0.29, 0.717) is 24.0 Å². The highest BCUT2D eigenvalue weighted by Crippen LogP contribution is 2.09. The van der Waals surface area contributed by atoms with E-state index >= 15 is 0 Å². The number of nitrogens with zero attached hydrogens (tertiary/aromatic N) is 3. The van der Waals surface area contributed by atoms with Crippen LogP contribution in [0.3, 0.4) is 0 Å². The van der Waals surface area contributed by atoms with E-state index in [1.54, 1.807) is 12.3 Å². The van der Waals surface area contributed by atoms with Crippen molar-refractivity contribution in [3.8, 4) is 0 Å². The van der Waals surface area contributed by atoms with Crippen LogP contribution in [-0.2, 0) is 13.0 Å². The second kappa shape index (κ2) is 5.94. The maximum absolute atomic E-state index is 10.6. The van der Waals surface area contributed by atoms with Gasteiger partial charge < -0.3 is 14.8 Å². The van der Waals surface area contributed by atoms with Gasteiger partial charge in [0, 0.05) is 6.42 Å². The number of carboxylic acid groups (broad SMARTS) is 1. The molecule has 2 aromatic rings. The second-order valence-corrected chi connectivity index (χ2v) is 3.93. The van der Waals surface area contributed by atoms with Gasteiger partial charge in [-0.2, -0.15) is 0 Å². The van der Waals surface area contributed by atoms with Crippen molar-refractivity contribution >= 4 is 11.8 Å². The zero-order chi connectivity index (χ0) is 13.7. The Balaban J connectivity index is 1.92. The predicted molar refractivity (Wildman–Crippen MR) is 66.8 cm³/mol. The third kappa shape index (κ3) is 3.51. The molecule has 0 aliphatic rings. The quantitative estimate of drug-likeness (QED) is 0.817. The maximum atomic E-state index is 10.6. The fourth-order valence-corrected chi connectivity index (χ4v) is 1.48. The van der Waals surface area contributed by atoms with Gasteiger partial charge in [0.05, 0.1) is 12.7 Å². The summed E-state index contributed by atoms with van der Waals surface area (Å²) in [4.78, 5) is 14.7. The SMILES string of the molecule is CCCc1ncc(CNc2ccc(C(=O)O)nn2)o1. The minimum Gasteiger partial charge on any atom is -0.476 e. The standard InChI is InChI=1S/C12H14N4O3/c1-2-3-11-14-7-8(19-11)6-13-10-5-4-9(12(17)18)15-16-10/h4-5,7H,2-3,6H2,1H3,(H,13,16)(H,17,18). The lowest BCUT2D eigenvalue weighted by Gasteiger charge is -2.02. The molecule has 2 aromatic heterocycles. The number of carboxylic acids is 1. The van der Waals surface area contributed by atoms with Crippen LogP contribution in [0.25, 0.3) is 0 Å². The second-order valence-electron chi connectivity index (χ2n) is 3.93. The van der Waals surface area contributed by atoms with E-state index in [4.69, 9.17) is 9.52 Å². The van der Waals surface area contributed by atoms with E-state index in [9.17, 15) is 4.79 Å². The van der Waals surface area contributed by atoms with E-state index in [1.165, 1.54) is 6.07 Å². The van der Waals surface area contributed by atoms with Crippen LogP contribution in [-0.4, -0.2) is 26.3 Å². The molecule has 0 aliphatic carbocycles. The summed E-state index contributed by atoms with van der Waals surface area (Å²) in [6.07, 6.45) is 3.46. The summed E-state index contributed by atoms with van der Waals surface area (Å²) in [6.45, 7) is 2.49. The highest BCUT2D eigenvalue weighted by molar-refractivity contribution is 5.85. The fourth-order valence-electron chi connectivity index (χ4n) is 1.48. The van der Waals surface area contributed by atoms with Crippen molar-refractivity contribution in [1.82, 2.24) is 15.2 Å². The molecule has 0 radical (unpaired) electrons. The molecule has 0 spiro atoms. The number of nitrogens with one attached hydrogen (secondary N) is 1. The Morgan fingerprint density at radius 2 is 2.26 bits per heavy atom. The van der Waals surface area contributed by atoms with Crippen LogP contribution in [0.1, 0.15) is 35.5 Å². The first kappa shape index (κ1) is 13.0. The molecule has 100 valence electrons. The topological polar surface area (TPSA) is 101 Å². The number of hydrogen-bond acceptors (Lipinski definition) is 6. The summed E-state index contributed by atoms with van der Waals surface area (Å²) < 4.78 is 5.49. The number of rotatable bonds is 6. The van der Waals surface area contributed by atoms with Crippen LogP contribution in [0.2, 0.25) is 0 Å². The average molecular weight is 262 g/mol. The highest BCUT2D eigenvalue weighted by atomic mass is 16.4. The summed E-state index contributed by atoms with van der Waals surface area (Å²) in [6, 6.07) is 2.94. The molecule has 0 saturated carbocycles. The average Bonchev–Trinajstić information content (AvgIpc) is 2.85. The lowest BCUT2D eigenvalue weighted by molar-refractivity contribution is 0.0689. The monoisotopic (exact) mass is 262 g/mol. The van der Waals surface area contributed by atoms with Gasteiger partial charge in [-0.1, -0.05) is 6.92 Å². The molecule has 0 unspecified atom stereocenters. The zero-order valence-corrected chi connectivity index (χ0v) is 10.5. The minimum atomic E-state index is -1.10. The summed E-state index contributed by atoms with van der Waals surface area (Å²) in [5.74, 6) is 0.802. The van der Waals surface area contributed by atoms with E-state index in [2.05, 4.69) is 27.4 Å². The van der Waals surface area contributed by atoms with E-state index in [1.807, 2.05) is 0 Å². The Hall–Kier alpha value is -2.44. The lowest BCUT2D eigenvalue weighted by Crippen LogP contribution is -2.05. The van der Waals surface area contributed by atoms with Crippen molar-refractivity contribution in [3.05, 3.63) is 35.7 Å². The molecule has 7 heteroatoms. The van der Waals surface area contributed by atoms with Crippen molar-refractivity contribution in [2.45, 2.75) is 26.3 Å². The molecule has 0 fully saturated rings. The molecule has 0 saturated heterocycles. The Morgan fingerprint density at radius 3 is 2.89 bits per heavy atom. The first-order chi connectivity index (χ1) is 9.19. The van der Waals surface area contributed by atoms with Gasteiger partial charge >= 0.3 is 5.97 Å². The first-order valence-electron chi connectivity index (χ1n) is 5.93. The Morgan fingerprint density at radius 1 is 1.42 bits per heavy atom. The number of aromatic carboxylic acids is 1. The van der Waals surface area contributed by atoms with Gasteiger partial charge in [0.15, 0.2) is 11.6 Å². The third-order valence-electron chi connectivity index (χ3n) is 2.39. The summed E-state index contributed by atoms with van der Waals surface area (Å²) in [5.41, 5.74) is -0.0875. The smallest absolute Gasteiger partial charge is 0.356 e. The van der Waals surface area contributed by atoms with E-state index in [0.717, 1.165) is 12.8 Å². The molecule has 0 atom stereocenters. The van der Waals surface area contributed by atoms with Crippen molar-refractivity contribution in [1.29, 1.82) is 0 Å². The van der Waals surface area contributed by atoms with Gasteiger partial charge in [-0.05, 0) is 18.6 Å². The molecule has 0 bridgehead atoms. The van der Waals surface area contributed by atoms with Crippen LogP contribution < -0.4 is 5.32 Å². The molecule has 2 N–H and O–H groups in total. The summed E-state index contributed by atoms with van der Waals surface area (Å²) in [5, 5.41) is 19.0. The van der Waals surface area contributed by atoms with Gasteiger partial charge in [0.1, 0.15) is 11.6 Å². The Labute approximate surface area is 109 Å². The number of hydrogen-bond donors (Lipinski definition) is 2. The van der Waals surface area contributed by atoms with Gasteiger partial charge in [0.25, 0.3) is 0 Å². The van der Waals surface area contributed by atoms with E-state index in [-0.39, 0.29) is 5.69 Å². The van der Waals surface area contributed by atoms with Crippen molar-refractivity contribution < 1.29 is 14.3 Å². The minimum absolute atomic E-state index is 0.0875. The van der Waals surface area contributed by atoms with Crippen LogP contribution in [0.15, 0.2) is 22.7 Å². The van der Waals surface area contributed by atoms with Gasteiger partial charge in [0.2, 0.25) is 0 Å². The van der Waals surface area contributed by atoms with Crippen LogP contribution in [0, 0.1) is 0 Å². The summed E-state index contributed by atoms with van der Waals surface area (Å²) >= 11 is 0. The molecule has 2 rings (SSSR count). The normalized spacial score (nSPS) is 10.4. The number of oxazole rings is 1. The zero-order valence-electron chi connectivity index (χ0n) is 10.5. The van der Waals surface area contributed by atoms with Crippen molar-refractivity contribution in [3.63, 3.8) is 0 Å². The fraction of sp³-hybridized carbons (Fsp3) is 0.333. The molecule has 0 aliphatic heterocycles. The molecule has 19 heavy (non-hydrogen) atoms. The van der Waals surface area contributed by atoms with E-state index < -0.39 is 5.97 Å². The van der Waals surface area contributed by atoms with Gasteiger partial charge in [-0.15, -0.1) is 10.2 Å². The van der Waals surface area contributed by atoms with Crippen molar-refractivity contribution in [2.75, 3.05) is 5.32 Å². The summed E-state index contributed by atoms with van der Waals surface area (Å²) in [7, 11) is 0. The number of aryl methyl sites for hydroxylation is 1. The van der Waals surface area contributed by atoms with Gasteiger partial charge in [-0.3, -0.25) is 0 Å². The molecule has 2 heterocycles. The van der Waals surface area contributed by atoms with Crippen LogP contribution >= 0.6 is 0 Å². The van der Waals surface area contributed by atoms with Crippen LogP contribution in [0.4, 0.5) is 5.82 Å². The molecule has 0 amide bonds. The molecular weight excluding hydrogens is 248 g/mol. The highest BCUT2D eigenvalue weighted by Gasteiger charge is 2.06. The van der Waals surface area contributed by atoms with Crippen LogP contribution in [0.5, 0.6) is 0 Å². The predicted octanol–water partition coefficient (Wildman–Crippen LogP) is 1.73. The number of carbonyl (C=O) groups is 1. The molecule has 7 nitrogen and oxygen atoms in total. The first-order valence-corrected chi connectivity index (χ1v) is 5.93. The Kier molecular flexibility index (Phi) is 4.07. The molecular formula is C12H14N4O3. The third-order valence-corrected chi connectivity index (χ3v) is 2.39. The lowest BCUT2D eigenvalue weighted by atomic mass is 10.3. The largest absolute Gasteiger partial charge is 0.476 e. The number of aromatic nitrogens is 3. The van der Waals surface area contributed by atoms with Gasteiger partial charge in [-0.25, -0.2) is 9.78 Å². The Bertz CT molecular complexity index is 550. The van der Waals surface area contributed by atoms with Crippen molar-refractivity contribution in [2.24, 2.45) is 0 Å². The maximum Gasteiger partial charge on any atom is 0.356 e. The number of anilines is 1. The molecule has 0 aromatic carbocycles.